The first-order valence-electron chi connectivity index (χ1n) is 8.86. The minimum Gasteiger partial charge on any atom is -0.446 e. The number of fused-ring (bicyclic) bond motifs is 2. The highest BCUT2D eigenvalue weighted by Crippen LogP contribution is 2.27. The lowest BCUT2D eigenvalue weighted by Crippen LogP contribution is -2.22. The standard InChI is InChI=1S/C22H13F2N3O2/c23-17-8-14(15-7-13-5-6-29-22(13)26-10-15)9-18(24)16(17)12-27-20-4-2-1-3-19(20)25-11-21(27)28/h1-11H,12H2. The van der Waals surface area contributed by atoms with Crippen molar-refractivity contribution in [2.24, 2.45) is 0 Å². The molecule has 0 saturated heterocycles. The molecule has 2 aromatic carbocycles. The first kappa shape index (κ1) is 17.2. The average molecular weight is 389 g/mol. The number of nitrogens with zero attached hydrogens (tertiary/aromatic N) is 3. The van der Waals surface area contributed by atoms with Crippen molar-refractivity contribution < 1.29 is 13.2 Å². The van der Waals surface area contributed by atoms with Gasteiger partial charge in [-0.15, -0.1) is 0 Å². The van der Waals surface area contributed by atoms with Gasteiger partial charge in [-0.1, -0.05) is 12.1 Å². The molecule has 0 bridgehead atoms. The van der Waals surface area contributed by atoms with Crippen LogP contribution in [0.1, 0.15) is 5.56 Å². The molecule has 0 saturated carbocycles. The van der Waals surface area contributed by atoms with Crippen LogP contribution in [-0.4, -0.2) is 14.5 Å². The van der Waals surface area contributed by atoms with E-state index in [2.05, 4.69) is 9.97 Å². The van der Waals surface area contributed by atoms with E-state index in [1.165, 1.54) is 29.2 Å². The van der Waals surface area contributed by atoms with Crippen molar-refractivity contribution in [1.82, 2.24) is 14.5 Å². The Labute approximate surface area is 162 Å². The maximum absolute atomic E-state index is 14.9. The lowest BCUT2D eigenvalue weighted by molar-refractivity contribution is 0.545. The number of hydrogen-bond donors (Lipinski definition) is 0. The van der Waals surface area contributed by atoms with Crippen molar-refractivity contribution >= 4 is 22.1 Å². The molecule has 0 amide bonds. The third-order valence-electron chi connectivity index (χ3n) is 4.85. The van der Waals surface area contributed by atoms with Crippen molar-refractivity contribution in [2.45, 2.75) is 6.54 Å². The molecule has 0 unspecified atom stereocenters. The Kier molecular flexibility index (Phi) is 3.94. The van der Waals surface area contributed by atoms with E-state index in [9.17, 15) is 13.6 Å². The van der Waals surface area contributed by atoms with Crippen LogP contribution in [0, 0.1) is 11.6 Å². The largest absolute Gasteiger partial charge is 0.446 e. The summed E-state index contributed by atoms with van der Waals surface area (Å²) < 4.78 is 36.2. The molecule has 5 nitrogen and oxygen atoms in total. The Hall–Kier alpha value is -3.87. The minimum absolute atomic E-state index is 0.190. The predicted molar refractivity (Wildman–Crippen MR) is 104 cm³/mol. The van der Waals surface area contributed by atoms with Crippen molar-refractivity contribution in [3.63, 3.8) is 0 Å². The van der Waals surface area contributed by atoms with Crippen LogP contribution in [0.4, 0.5) is 8.78 Å². The summed E-state index contributed by atoms with van der Waals surface area (Å²) in [7, 11) is 0. The normalized spacial score (nSPS) is 11.4. The molecular formula is C22H13F2N3O2. The topological polar surface area (TPSA) is 60.9 Å². The Bertz CT molecular complexity index is 1420. The first-order valence-corrected chi connectivity index (χ1v) is 8.86. The van der Waals surface area contributed by atoms with Crippen LogP contribution in [0.15, 0.2) is 76.4 Å². The Morgan fingerprint density at radius 2 is 1.72 bits per heavy atom. The van der Waals surface area contributed by atoms with Gasteiger partial charge in [0.25, 0.3) is 5.56 Å². The number of benzene rings is 2. The monoisotopic (exact) mass is 389 g/mol. The highest BCUT2D eigenvalue weighted by Gasteiger charge is 2.15. The van der Waals surface area contributed by atoms with E-state index in [0.717, 1.165) is 11.6 Å². The van der Waals surface area contributed by atoms with Gasteiger partial charge in [0, 0.05) is 22.7 Å². The number of furan rings is 1. The van der Waals surface area contributed by atoms with E-state index < -0.39 is 17.2 Å². The van der Waals surface area contributed by atoms with Gasteiger partial charge < -0.3 is 8.98 Å². The van der Waals surface area contributed by atoms with Crippen LogP contribution in [-0.2, 0) is 6.54 Å². The molecular weight excluding hydrogens is 376 g/mol. The molecule has 0 atom stereocenters. The zero-order chi connectivity index (χ0) is 20.0. The zero-order valence-corrected chi connectivity index (χ0v) is 15.0. The summed E-state index contributed by atoms with van der Waals surface area (Å²) in [5, 5.41) is 0.738. The Balaban J connectivity index is 1.59. The molecule has 0 spiro atoms. The number of hydrogen-bond acceptors (Lipinski definition) is 4. The Morgan fingerprint density at radius 1 is 0.931 bits per heavy atom. The second kappa shape index (κ2) is 6.63. The van der Waals surface area contributed by atoms with E-state index in [1.807, 2.05) is 0 Å². The summed E-state index contributed by atoms with van der Waals surface area (Å²) >= 11 is 0. The molecule has 0 fully saturated rings. The molecule has 29 heavy (non-hydrogen) atoms. The fourth-order valence-corrected chi connectivity index (χ4v) is 3.37. The smallest absolute Gasteiger partial charge is 0.269 e. The van der Waals surface area contributed by atoms with Gasteiger partial charge >= 0.3 is 0 Å². The molecule has 0 aliphatic heterocycles. The molecule has 0 N–H and O–H groups in total. The fraction of sp³-hybridized carbons (Fsp3) is 0.0455. The van der Waals surface area contributed by atoms with Crippen molar-refractivity contribution in [2.75, 3.05) is 0 Å². The third kappa shape index (κ3) is 2.97. The van der Waals surface area contributed by atoms with Gasteiger partial charge in [0.1, 0.15) is 11.6 Å². The number of rotatable bonds is 3. The zero-order valence-electron chi connectivity index (χ0n) is 15.0. The van der Waals surface area contributed by atoms with Gasteiger partial charge in [-0.2, -0.15) is 0 Å². The molecule has 7 heteroatoms. The summed E-state index contributed by atoms with van der Waals surface area (Å²) in [5.74, 6) is -1.47. The number of aromatic nitrogens is 3. The highest BCUT2D eigenvalue weighted by molar-refractivity contribution is 5.80. The lowest BCUT2D eigenvalue weighted by atomic mass is 10.0. The van der Waals surface area contributed by atoms with Crippen LogP contribution in [0.3, 0.4) is 0 Å². The quantitative estimate of drug-likeness (QED) is 0.455. The van der Waals surface area contributed by atoms with Gasteiger partial charge in [-0.05, 0) is 42.0 Å². The average Bonchev–Trinajstić information content (AvgIpc) is 3.19. The van der Waals surface area contributed by atoms with Crippen molar-refractivity contribution in [1.29, 1.82) is 0 Å². The van der Waals surface area contributed by atoms with Crippen LogP contribution >= 0.6 is 0 Å². The predicted octanol–water partition coefficient (Wildman–Crippen LogP) is 4.53. The molecule has 3 heterocycles. The van der Waals surface area contributed by atoms with Gasteiger partial charge in [0.05, 0.1) is 30.0 Å². The van der Waals surface area contributed by atoms with E-state index in [1.54, 1.807) is 36.4 Å². The summed E-state index contributed by atoms with van der Waals surface area (Å²) in [6, 6.07) is 12.9. The molecule has 5 aromatic rings. The van der Waals surface area contributed by atoms with E-state index in [0.29, 0.717) is 27.9 Å². The van der Waals surface area contributed by atoms with Gasteiger partial charge in [0.2, 0.25) is 5.71 Å². The van der Waals surface area contributed by atoms with E-state index >= 15 is 0 Å². The maximum Gasteiger partial charge on any atom is 0.269 e. The molecule has 0 radical (unpaired) electrons. The molecule has 5 rings (SSSR count). The number of halogens is 2. The first-order chi connectivity index (χ1) is 14.1. The molecule has 142 valence electrons. The summed E-state index contributed by atoms with van der Waals surface area (Å²) in [5.41, 5.74) is 1.84. The number of para-hydroxylation sites is 2. The second-order valence-corrected chi connectivity index (χ2v) is 6.63. The van der Waals surface area contributed by atoms with Gasteiger partial charge in [-0.3, -0.25) is 4.79 Å². The molecule has 3 aromatic heterocycles. The van der Waals surface area contributed by atoms with Gasteiger partial charge in [0.15, 0.2) is 0 Å². The number of pyridine rings is 1. The maximum atomic E-state index is 14.9. The Morgan fingerprint density at radius 3 is 2.55 bits per heavy atom. The summed E-state index contributed by atoms with van der Waals surface area (Å²) in [6.45, 7) is -0.237. The summed E-state index contributed by atoms with van der Waals surface area (Å²) in [4.78, 5) is 20.5. The van der Waals surface area contributed by atoms with Crippen molar-refractivity contribution in [3.05, 3.63) is 94.7 Å². The van der Waals surface area contributed by atoms with E-state index in [4.69, 9.17) is 4.42 Å². The van der Waals surface area contributed by atoms with Crippen molar-refractivity contribution in [3.8, 4) is 11.1 Å². The van der Waals surface area contributed by atoms with Crippen LogP contribution < -0.4 is 5.56 Å². The lowest BCUT2D eigenvalue weighted by Gasteiger charge is -2.12. The SMILES string of the molecule is O=c1cnc2ccccc2n1Cc1c(F)cc(-c2cnc3occc3c2)cc1F. The van der Waals surface area contributed by atoms with Crippen LogP contribution in [0.25, 0.3) is 33.3 Å². The minimum atomic E-state index is -0.736. The van der Waals surface area contributed by atoms with Gasteiger partial charge in [-0.25, -0.2) is 18.7 Å². The summed E-state index contributed by atoms with van der Waals surface area (Å²) in [6.07, 6.45) is 4.15. The second-order valence-electron chi connectivity index (χ2n) is 6.63. The van der Waals surface area contributed by atoms with Crippen LogP contribution in [0.2, 0.25) is 0 Å². The third-order valence-corrected chi connectivity index (χ3v) is 4.85. The van der Waals surface area contributed by atoms with E-state index in [-0.39, 0.29) is 12.1 Å². The molecule has 0 aliphatic carbocycles. The van der Waals surface area contributed by atoms with Crippen LogP contribution in [0.5, 0.6) is 0 Å². The molecule has 0 aliphatic rings. The fourth-order valence-electron chi connectivity index (χ4n) is 3.37. The highest BCUT2D eigenvalue weighted by atomic mass is 19.1.